The summed E-state index contributed by atoms with van der Waals surface area (Å²) in [7, 11) is 3.88. The van der Waals surface area contributed by atoms with E-state index in [1.54, 1.807) is 25.4 Å². The van der Waals surface area contributed by atoms with Crippen molar-refractivity contribution in [3.05, 3.63) is 53.9 Å². The number of hydrogen-bond donors (Lipinski definition) is 2. The first-order valence-corrected chi connectivity index (χ1v) is 9.71. The van der Waals surface area contributed by atoms with Crippen molar-refractivity contribution in [2.24, 2.45) is 0 Å². The molecular weight excluding hydrogens is 364 g/mol. The lowest BCUT2D eigenvalue weighted by Crippen LogP contribution is -2.29. The standard InChI is InChI=1S/C22H24N6O/c1-28-9-7-15(8-10-28)16-3-6-19(21(11-16)29-2)20-12-22(27-26-20)25-18-5-4-17(13-23)24-14-18/h3-6,11-12,14-15H,7-10H2,1-2H3,(H2,25,26,27). The van der Waals surface area contributed by atoms with Gasteiger partial charge in [-0.2, -0.15) is 10.4 Å². The number of H-pyrrole nitrogens is 1. The molecule has 1 fully saturated rings. The van der Waals surface area contributed by atoms with Gasteiger partial charge in [-0.15, -0.1) is 0 Å². The monoisotopic (exact) mass is 388 g/mol. The lowest BCUT2D eigenvalue weighted by Gasteiger charge is -2.29. The molecule has 0 aliphatic carbocycles. The number of aromatic amines is 1. The number of benzene rings is 1. The van der Waals surface area contributed by atoms with Gasteiger partial charge in [-0.25, -0.2) is 4.98 Å². The Morgan fingerprint density at radius 2 is 2.03 bits per heavy atom. The van der Waals surface area contributed by atoms with Crippen LogP contribution >= 0.6 is 0 Å². The minimum absolute atomic E-state index is 0.382. The van der Waals surface area contributed by atoms with E-state index in [2.05, 4.69) is 50.6 Å². The number of nitriles is 1. The van der Waals surface area contributed by atoms with Gasteiger partial charge < -0.3 is 15.0 Å². The molecule has 1 aliphatic heterocycles. The number of ether oxygens (including phenoxy) is 1. The number of hydrogen-bond acceptors (Lipinski definition) is 6. The quantitative estimate of drug-likeness (QED) is 0.689. The first kappa shape index (κ1) is 19.0. The molecule has 4 rings (SSSR count). The number of rotatable bonds is 5. The van der Waals surface area contributed by atoms with E-state index >= 15 is 0 Å². The third-order valence-electron chi connectivity index (χ3n) is 5.43. The molecule has 7 nitrogen and oxygen atoms in total. The zero-order valence-corrected chi connectivity index (χ0v) is 16.6. The minimum atomic E-state index is 0.382. The Bertz CT molecular complexity index is 1010. The number of pyridine rings is 1. The molecule has 1 aliphatic rings. The second-order valence-electron chi connectivity index (χ2n) is 7.37. The number of likely N-dealkylation sites (tertiary alicyclic amines) is 1. The fourth-order valence-electron chi connectivity index (χ4n) is 3.73. The van der Waals surface area contributed by atoms with Crippen LogP contribution in [0.25, 0.3) is 11.3 Å². The van der Waals surface area contributed by atoms with E-state index in [9.17, 15) is 0 Å². The molecule has 0 spiro atoms. The van der Waals surface area contributed by atoms with Crippen LogP contribution in [0.2, 0.25) is 0 Å². The highest BCUT2D eigenvalue weighted by molar-refractivity contribution is 5.71. The predicted octanol–water partition coefficient (Wildman–Crippen LogP) is 3.90. The van der Waals surface area contributed by atoms with Crippen molar-refractivity contribution in [2.75, 3.05) is 32.6 Å². The maximum absolute atomic E-state index is 8.85. The van der Waals surface area contributed by atoms with Crippen LogP contribution in [-0.4, -0.2) is 47.3 Å². The van der Waals surface area contributed by atoms with Crippen LogP contribution in [0.15, 0.2) is 42.6 Å². The van der Waals surface area contributed by atoms with Crippen LogP contribution in [0.5, 0.6) is 5.75 Å². The second-order valence-corrected chi connectivity index (χ2v) is 7.37. The molecule has 0 unspecified atom stereocenters. The summed E-state index contributed by atoms with van der Waals surface area (Å²) < 4.78 is 5.69. The number of methoxy groups -OCH3 is 1. The number of nitrogens with zero attached hydrogens (tertiary/aromatic N) is 4. The summed E-state index contributed by atoms with van der Waals surface area (Å²) in [5.74, 6) is 2.10. The molecule has 1 aromatic carbocycles. The SMILES string of the molecule is COc1cc(C2CCN(C)CC2)ccc1-c1cc(Nc2ccc(C#N)nc2)n[nH]1. The van der Waals surface area contributed by atoms with E-state index < -0.39 is 0 Å². The largest absolute Gasteiger partial charge is 0.496 e. The predicted molar refractivity (Wildman–Crippen MR) is 112 cm³/mol. The van der Waals surface area contributed by atoms with Crippen LogP contribution in [0.4, 0.5) is 11.5 Å². The number of anilines is 2. The average molecular weight is 388 g/mol. The van der Waals surface area contributed by atoms with Gasteiger partial charge in [-0.1, -0.05) is 6.07 Å². The molecular formula is C22H24N6O. The number of aromatic nitrogens is 3. The molecule has 3 heterocycles. The van der Waals surface area contributed by atoms with Crippen molar-refractivity contribution in [3.63, 3.8) is 0 Å². The lowest BCUT2D eigenvalue weighted by atomic mass is 9.88. The summed E-state index contributed by atoms with van der Waals surface area (Å²) in [5, 5.41) is 19.4. The van der Waals surface area contributed by atoms with Gasteiger partial charge in [0.25, 0.3) is 0 Å². The highest BCUT2D eigenvalue weighted by Gasteiger charge is 2.20. The minimum Gasteiger partial charge on any atom is -0.496 e. The number of piperidine rings is 1. The van der Waals surface area contributed by atoms with Gasteiger partial charge in [0.1, 0.15) is 17.5 Å². The van der Waals surface area contributed by atoms with E-state index in [0.717, 1.165) is 35.8 Å². The van der Waals surface area contributed by atoms with E-state index in [4.69, 9.17) is 10.00 Å². The van der Waals surface area contributed by atoms with E-state index in [1.807, 2.05) is 12.1 Å². The number of nitrogens with one attached hydrogen (secondary N) is 2. The molecule has 29 heavy (non-hydrogen) atoms. The fourth-order valence-corrected chi connectivity index (χ4v) is 3.73. The van der Waals surface area contributed by atoms with Crippen LogP contribution in [0, 0.1) is 11.3 Å². The van der Waals surface area contributed by atoms with E-state index in [-0.39, 0.29) is 0 Å². The Morgan fingerprint density at radius 3 is 2.72 bits per heavy atom. The van der Waals surface area contributed by atoms with Crippen molar-refractivity contribution in [1.29, 1.82) is 5.26 Å². The first-order valence-electron chi connectivity index (χ1n) is 9.71. The summed E-state index contributed by atoms with van der Waals surface area (Å²) in [4.78, 5) is 6.44. The third-order valence-corrected chi connectivity index (χ3v) is 5.43. The van der Waals surface area contributed by atoms with Crippen LogP contribution in [0.1, 0.15) is 30.0 Å². The van der Waals surface area contributed by atoms with Crippen LogP contribution < -0.4 is 10.1 Å². The molecule has 1 saturated heterocycles. The van der Waals surface area contributed by atoms with Crippen molar-refractivity contribution < 1.29 is 4.74 Å². The first-order chi connectivity index (χ1) is 14.2. The molecule has 2 N–H and O–H groups in total. The van der Waals surface area contributed by atoms with Crippen LogP contribution in [-0.2, 0) is 0 Å². The normalized spacial score (nSPS) is 15.1. The lowest BCUT2D eigenvalue weighted by molar-refractivity contribution is 0.255. The maximum Gasteiger partial charge on any atom is 0.152 e. The van der Waals surface area contributed by atoms with Gasteiger partial charge in [0.15, 0.2) is 5.82 Å². The Hall–Kier alpha value is -3.37. The molecule has 0 bridgehead atoms. The highest BCUT2D eigenvalue weighted by Crippen LogP contribution is 2.36. The van der Waals surface area contributed by atoms with Crippen molar-refractivity contribution in [3.8, 4) is 23.1 Å². The summed E-state index contributed by atoms with van der Waals surface area (Å²) >= 11 is 0. The zero-order chi connectivity index (χ0) is 20.2. The Morgan fingerprint density at radius 1 is 1.21 bits per heavy atom. The molecule has 0 amide bonds. The molecule has 7 heteroatoms. The maximum atomic E-state index is 8.85. The topological polar surface area (TPSA) is 89.9 Å². The van der Waals surface area contributed by atoms with E-state index in [0.29, 0.717) is 17.4 Å². The second kappa shape index (κ2) is 8.33. The molecule has 0 saturated carbocycles. The highest BCUT2D eigenvalue weighted by atomic mass is 16.5. The van der Waals surface area contributed by atoms with Crippen molar-refractivity contribution in [2.45, 2.75) is 18.8 Å². The summed E-state index contributed by atoms with van der Waals surface area (Å²) in [5.41, 5.74) is 4.34. The van der Waals surface area contributed by atoms with E-state index in [1.165, 1.54) is 18.4 Å². The summed E-state index contributed by atoms with van der Waals surface area (Å²) in [6.45, 7) is 2.27. The van der Waals surface area contributed by atoms with Gasteiger partial charge in [-0.3, -0.25) is 5.10 Å². The molecule has 0 radical (unpaired) electrons. The summed E-state index contributed by atoms with van der Waals surface area (Å²) in [6, 6.07) is 13.9. The van der Waals surface area contributed by atoms with Gasteiger partial charge in [-0.05, 0) is 68.7 Å². The molecule has 2 aromatic heterocycles. The smallest absolute Gasteiger partial charge is 0.152 e. The van der Waals surface area contributed by atoms with Gasteiger partial charge in [0, 0.05) is 11.6 Å². The molecule has 3 aromatic rings. The Balaban J connectivity index is 1.52. The van der Waals surface area contributed by atoms with Crippen molar-refractivity contribution in [1.82, 2.24) is 20.1 Å². The third kappa shape index (κ3) is 4.23. The molecule has 148 valence electrons. The Labute approximate surface area is 170 Å². The van der Waals surface area contributed by atoms with Gasteiger partial charge >= 0.3 is 0 Å². The fraction of sp³-hybridized carbons (Fsp3) is 0.318. The molecule has 0 atom stereocenters. The van der Waals surface area contributed by atoms with Crippen molar-refractivity contribution >= 4 is 11.5 Å². The average Bonchev–Trinajstić information content (AvgIpc) is 3.22. The zero-order valence-electron chi connectivity index (χ0n) is 16.6. The van der Waals surface area contributed by atoms with Gasteiger partial charge in [0.05, 0.1) is 24.7 Å². The van der Waals surface area contributed by atoms with Crippen LogP contribution in [0.3, 0.4) is 0 Å². The Kier molecular flexibility index (Phi) is 5.45. The summed E-state index contributed by atoms with van der Waals surface area (Å²) in [6.07, 6.45) is 3.97. The van der Waals surface area contributed by atoms with Gasteiger partial charge in [0.2, 0.25) is 0 Å².